The molecule has 0 saturated heterocycles. The van der Waals surface area contributed by atoms with E-state index in [-0.39, 0.29) is 116 Å². The second-order valence-electron chi connectivity index (χ2n) is 17.0. The Hall–Kier alpha value is 3.28. The van der Waals surface area contributed by atoms with Gasteiger partial charge in [-0.05, 0) is 38.5 Å². The Balaban J connectivity index is -0.0000000584. The molecule has 0 rings (SSSR count). The molecular formula is C41H87Cl4Li3N4O3Zr2. The van der Waals surface area contributed by atoms with Gasteiger partial charge in [0.2, 0.25) is 0 Å². The molecule has 2 N–H and O–H groups in total. The van der Waals surface area contributed by atoms with E-state index in [9.17, 15) is 15.3 Å². The maximum Gasteiger partial charge on any atom is 2.00 e. The third-order valence-electron chi connectivity index (χ3n) is 7.86. The van der Waals surface area contributed by atoms with E-state index >= 15 is 0 Å². The maximum absolute atomic E-state index is 11.2. The van der Waals surface area contributed by atoms with Gasteiger partial charge in [-0.3, -0.25) is 0 Å². The summed E-state index contributed by atoms with van der Waals surface area (Å²) in [7, 11) is 20.1. The molecule has 7 nitrogen and oxygen atoms in total. The Morgan fingerprint density at radius 3 is 0.561 bits per heavy atom. The van der Waals surface area contributed by atoms with Gasteiger partial charge >= 0.3 is 132 Å². The van der Waals surface area contributed by atoms with Gasteiger partial charge < -0.3 is 36.6 Å². The van der Waals surface area contributed by atoms with Crippen molar-refractivity contribution in [2.75, 3.05) is 0 Å². The summed E-state index contributed by atoms with van der Waals surface area (Å²) < 4.78 is 0. The van der Waals surface area contributed by atoms with Gasteiger partial charge in [-0.2, -0.15) is 0 Å². The monoisotopic (exact) mass is 1020 g/mol. The Labute approximate surface area is 430 Å². The summed E-state index contributed by atoms with van der Waals surface area (Å²) in [5.41, 5.74) is -1.36. The van der Waals surface area contributed by atoms with Gasteiger partial charge in [0.05, 0.1) is 11.2 Å². The van der Waals surface area contributed by atoms with Crippen LogP contribution >= 0.6 is 34.1 Å². The van der Waals surface area contributed by atoms with Gasteiger partial charge in [-0.15, -0.1) is 27.8 Å². The van der Waals surface area contributed by atoms with Crippen molar-refractivity contribution in [3.63, 3.8) is 0 Å². The van der Waals surface area contributed by atoms with Crippen LogP contribution in [0.4, 0.5) is 0 Å². The molecule has 0 unspecified atom stereocenters. The first-order valence-electron chi connectivity index (χ1n) is 19.5. The zero-order chi connectivity index (χ0) is 44.0. The van der Waals surface area contributed by atoms with Crippen molar-refractivity contribution < 1.29 is 114 Å². The molecule has 0 spiro atoms. The van der Waals surface area contributed by atoms with Crippen LogP contribution in [0, 0.1) is 0 Å². The summed E-state index contributed by atoms with van der Waals surface area (Å²) in [5.74, 6) is 0. The fourth-order valence-corrected chi connectivity index (χ4v) is 3.28. The van der Waals surface area contributed by atoms with E-state index in [2.05, 4.69) is 104 Å². The quantitative estimate of drug-likeness (QED) is 0.203. The Bertz CT molecular complexity index is 737. The summed E-state index contributed by atoms with van der Waals surface area (Å²) in [6, 6.07) is 0. The van der Waals surface area contributed by atoms with Crippen molar-refractivity contribution in [3.8, 4) is 0 Å². The van der Waals surface area contributed by atoms with Gasteiger partial charge in [0, 0.05) is 0 Å². The molecule has 0 bridgehead atoms. The number of hydrogen-bond acceptors (Lipinski definition) is 3. The first-order chi connectivity index (χ1) is 23.5. The molecule has 0 amide bonds. The van der Waals surface area contributed by atoms with Crippen molar-refractivity contribution in [2.45, 2.75) is 242 Å². The van der Waals surface area contributed by atoms with Crippen LogP contribution in [0.15, 0.2) is 24.8 Å². The molecule has 0 radical (unpaired) electrons. The number of rotatable bonds is 13. The van der Waals surface area contributed by atoms with Crippen LogP contribution in [0.5, 0.6) is 0 Å². The van der Waals surface area contributed by atoms with E-state index in [0.717, 1.165) is 57.8 Å². The molecule has 0 aromatic carbocycles. The first kappa shape index (κ1) is 83.8. The van der Waals surface area contributed by atoms with Crippen LogP contribution in [0.25, 0.3) is 21.3 Å². The zero-order valence-corrected chi connectivity index (χ0v) is 49.7. The van der Waals surface area contributed by atoms with E-state index in [0.29, 0.717) is 0 Å². The molecule has 0 saturated carbocycles. The van der Waals surface area contributed by atoms with Gasteiger partial charge in [-0.1, -0.05) is 165 Å². The SMILES string of the molecule is CC(C)(C)[N-]/C=C\[N-]C(C)(C)C.CC(C)(C)[N-]C=C[N-]C(C)(C)C.CCC(O)(CC)CC.CCC(O)(CC)CC.CCC([O-])(CC)CC.[Cl][Zr]([Cl])([Cl])[Cl].[Li+].[Li+].[Li+].[Zr+2]. The van der Waals surface area contributed by atoms with Gasteiger partial charge in [0.1, 0.15) is 0 Å². The summed E-state index contributed by atoms with van der Waals surface area (Å²) in [6.45, 7) is 42.8. The average Bonchev–Trinajstić information content (AvgIpc) is 3.03. The van der Waals surface area contributed by atoms with Crippen LogP contribution in [0.1, 0.15) is 203 Å². The smallest absolute Gasteiger partial charge is 1.00 e. The third kappa shape index (κ3) is 83.4. The summed E-state index contributed by atoms with van der Waals surface area (Å²) in [5, 5.41) is 47.2. The second-order valence-corrected chi connectivity index (χ2v) is 39.4. The molecule has 16 heteroatoms. The van der Waals surface area contributed by atoms with Gasteiger partial charge in [0.25, 0.3) is 0 Å². The van der Waals surface area contributed by atoms with E-state index in [1.165, 1.54) is 0 Å². The molecule has 0 atom stereocenters. The Kier molecular flexibility index (Phi) is 63.5. The van der Waals surface area contributed by atoms with Crippen LogP contribution in [0.2, 0.25) is 0 Å². The predicted molar refractivity (Wildman–Crippen MR) is 239 cm³/mol. The van der Waals surface area contributed by atoms with Crippen LogP contribution in [-0.2, 0) is 41.7 Å². The average molecular weight is 1030 g/mol. The fourth-order valence-electron chi connectivity index (χ4n) is 3.28. The summed E-state index contributed by atoms with van der Waals surface area (Å²) in [4.78, 5) is 0. The Morgan fingerprint density at radius 2 is 0.526 bits per heavy atom. The predicted octanol–water partition coefficient (Wildman–Crippen LogP) is 6.58. The van der Waals surface area contributed by atoms with E-state index < -0.39 is 21.1 Å². The standard InChI is InChI=1S/2C10H20N2.2C7H16O.C7H15O.4ClH.3Li.2Zr/c2*1-9(2,3)11-7-8-12-10(4,5)6;3*1-4-7(8,5-2)6-3;;;;;;;;;/h2*7-8H,1-6H3;2*8H,4-6H2,1-3H3;4-6H2,1-3H3;4*1H;;;;;/q2*-2;;;-1;;;;;3*+1;+2;+4/p-4/b8-7-;;;;;;;;;;;;;. The van der Waals surface area contributed by atoms with Crippen molar-refractivity contribution in [1.82, 2.24) is 0 Å². The van der Waals surface area contributed by atoms with Crippen molar-refractivity contribution in [3.05, 3.63) is 46.1 Å². The minimum atomic E-state index is -3.29. The van der Waals surface area contributed by atoms with Crippen molar-refractivity contribution >= 4 is 34.1 Å². The van der Waals surface area contributed by atoms with Gasteiger partial charge in [0.15, 0.2) is 0 Å². The molecule has 0 aliphatic rings. The molecule has 57 heavy (non-hydrogen) atoms. The van der Waals surface area contributed by atoms with Crippen molar-refractivity contribution in [1.29, 1.82) is 0 Å². The minimum absolute atomic E-state index is 0. The van der Waals surface area contributed by atoms with Crippen molar-refractivity contribution in [2.24, 2.45) is 0 Å². The first-order valence-corrected chi connectivity index (χ1v) is 32.2. The second kappa shape index (κ2) is 43.2. The van der Waals surface area contributed by atoms with Gasteiger partial charge in [-0.25, -0.2) is 24.8 Å². The fraction of sp³-hybridized carbons (Fsp3) is 0.902. The third-order valence-corrected chi connectivity index (χ3v) is 7.86. The van der Waals surface area contributed by atoms with E-state index in [4.69, 9.17) is 34.1 Å². The molecule has 0 fully saturated rings. The molecule has 0 aromatic rings. The minimum Gasteiger partial charge on any atom is 1.00 e. The van der Waals surface area contributed by atoms with E-state index in [1.807, 2.05) is 62.3 Å². The topological polar surface area (TPSA) is 120 Å². The molecule has 0 aliphatic carbocycles. The number of aliphatic hydroxyl groups is 2. The Morgan fingerprint density at radius 1 is 0.404 bits per heavy atom. The molecule has 0 aromatic heterocycles. The number of halogens is 4. The van der Waals surface area contributed by atoms with E-state index in [1.54, 1.807) is 24.8 Å². The zero-order valence-electron chi connectivity index (χ0n) is 41.8. The normalized spacial score (nSPS) is 11.8. The molecule has 328 valence electrons. The van der Waals surface area contributed by atoms with Crippen LogP contribution < -0.4 is 61.7 Å². The molecule has 0 heterocycles. The van der Waals surface area contributed by atoms with Crippen LogP contribution in [-0.4, -0.2) is 49.2 Å². The number of nitrogens with zero attached hydrogens (tertiary/aromatic N) is 4. The van der Waals surface area contributed by atoms with Crippen LogP contribution in [0.3, 0.4) is 0 Å². The summed E-state index contributed by atoms with van der Waals surface area (Å²) in [6.07, 6.45) is 14.6. The molecule has 0 aliphatic heterocycles. The largest absolute Gasteiger partial charge is 2.00 e. The summed E-state index contributed by atoms with van der Waals surface area (Å²) >= 11 is -3.29. The maximum atomic E-state index is 11.2. The number of hydrogen-bond donors (Lipinski definition) is 2. The molecular weight excluding hydrogens is 942 g/mol.